The summed E-state index contributed by atoms with van der Waals surface area (Å²) in [5.41, 5.74) is 3.75. The minimum absolute atomic E-state index is 0. The van der Waals surface area contributed by atoms with Crippen molar-refractivity contribution < 1.29 is 0 Å². The number of aliphatic imine (C=N–C) groups is 1. The highest BCUT2D eigenvalue weighted by molar-refractivity contribution is 14.0. The summed E-state index contributed by atoms with van der Waals surface area (Å²) in [6.07, 6.45) is 2.69. The molecular weight excluding hydrogens is 535 g/mol. The van der Waals surface area contributed by atoms with E-state index in [0.717, 1.165) is 57.2 Å². The maximum atomic E-state index is 5.85. The molecule has 0 spiro atoms. The molecule has 0 aliphatic carbocycles. The van der Waals surface area contributed by atoms with Gasteiger partial charge in [-0.05, 0) is 42.6 Å². The molecule has 0 unspecified atom stereocenters. The van der Waals surface area contributed by atoms with Gasteiger partial charge in [-0.1, -0.05) is 48.9 Å². The van der Waals surface area contributed by atoms with Crippen molar-refractivity contribution in [3.05, 3.63) is 64.4 Å². The summed E-state index contributed by atoms with van der Waals surface area (Å²) in [6, 6.07) is 12.7. The van der Waals surface area contributed by atoms with Crippen molar-refractivity contribution in [3.8, 4) is 0 Å². The number of aromatic nitrogens is 1. The monoisotopic (exact) mass is 570 g/mol. The van der Waals surface area contributed by atoms with Crippen LogP contribution in [-0.2, 0) is 19.5 Å². The minimum Gasteiger partial charge on any atom is -0.357 e. The molecule has 1 saturated heterocycles. The summed E-state index contributed by atoms with van der Waals surface area (Å²) >= 11 is 5.85. The SMILES string of the molecule is CCNC(=NCc1ccc(CN2CCN(CC)CC2)cc1)NCCc1ccc(Cl)nc1.I. The van der Waals surface area contributed by atoms with Crippen molar-refractivity contribution in [1.82, 2.24) is 25.4 Å². The molecule has 1 aliphatic rings. The smallest absolute Gasteiger partial charge is 0.191 e. The normalized spacial score (nSPS) is 15.3. The topological polar surface area (TPSA) is 55.8 Å². The zero-order valence-electron chi connectivity index (χ0n) is 19.2. The number of pyridine rings is 1. The Balaban J connectivity index is 0.00000363. The predicted molar refractivity (Wildman–Crippen MR) is 145 cm³/mol. The average molecular weight is 571 g/mol. The predicted octanol–water partition coefficient (Wildman–Crippen LogP) is 3.79. The van der Waals surface area contributed by atoms with Crippen LogP contribution in [0.4, 0.5) is 0 Å². The summed E-state index contributed by atoms with van der Waals surface area (Å²) in [5, 5.41) is 7.23. The molecule has 0 radical (unpaired) electrons. The summed E-state index contributed by atoms with van der Waals surface area (Å²) < 4.78 is 0. The fourth-order valence-electron chi connectivity index (χ4n) is 3.66. The maximum absolute atomic E-state index is 5.85. The van der Waals surface area contributed by atoms with Crippen LogP contribution in [0, 0.1) is 0 Å². The van der Waals surface area contributed by atoms with E-state index in [1.54, 1.807) is 0 Å². The third-order valence-corrected chi connectivity index (χ3v) is 5.82. The lowest BCUT2D eigenvalue weighted by atomic mass is 10.1. The molecule has 0 bridgehead atoms. The Bertz CT molecular complexity index is 804. The second-order valence-corrected chi connectivity index (χ2v) is 8.28. The first kappa shape index (κ1) is 26.8. The lowest BCUT2D eigenvalue weighted by Crippen LogP contribution is -2.45. The van der Waals surface area contributed by atoms with Crippen molar-refractivity contribution in [2.75, 3.05) is 45.8 Å². The van der Waals surface area contributed by atoms with E-state index in [1.807, 2.05) is 18.3 Å². The summed E-state index contributed by atoms with van der Waals surface area (Å²) in [5.74, 6) is 0.835. The lowest BCUT2D eigenvalue weighted by molar-refractivity contribution is 0.132. The van der Waals surface area contributed by atoms with Crippen LogP contribution in [-0.4, -0.2) is 66.6 Å². The Kier molecular flexibility index (Phi) is 12.3. The highest BCUT2D eigenvalue weighted by Gasteiger charge is 2.15. The molecule has 8 heteroatoms. The van der Waals surface area contributed by atoms with Gasteiger partial charge in [0.1, 0.15) is 5.15 Å². The van der Waals surface area contributed by atoms with Crippen LogP contribution in [0.2, 0.25) is 5.15 Å². The van der Waals surface area contributed by atoms with Gasteiger partial charge in [-0.3, -0.25) is 4.90 Å². The molecule has 176 valence electrons. The van der Waals surface area contributed by atoms with Crippen LogP contribution >= 0.6 is 35.6 Å². The van der Waals surface area contributed by atoms with Gasteiger partial charge in [0, 0.05) is 52.0 Å². The number of hydrogen-bond acceptors (Lipinski definition) is 4. The van der Waals surface area contributed by atoms with Crippen molar-refractivity contribution in [3.63, 3.8) is 0 Å². The van der Waals surface area contributed by atoms with Gasteiger partial charge in [0.15, 0.2) is 5.96 Å². The Labute approximate surface area is 214 Å². The minimum atomic E-state index is 0. The lowest BCUT2D eigenvalue weighted by Gasteiger charge is -2.34. The second kappa shape index (κ2) is 14.7. The molecule has 1 aromatic heterocycles. The van der Waals surface area contributed by atoms with Crippen LogP contribution in [0.5, 0.6) is 0 Å². The molecular formula is C24H36ClIN6. The molecule has 32 heavy (non-hydrogen) atoms. The standard InChI is InChI=1S/C24H35ClN6.HI/c1-3-26-24(27-12-11-21-9-10-23(25)28-17-21)29-18-20-5-7-22(8-6-20)19-31-15-13-30(4-2)14-16-31;/h5-10,17H,3-4,11-16,18-19H2,1-2H3,(H2,26,27,29);1H. The van der Waals surface area contributed by atoms with E-state index in [0.29, 0.717) is 11.7 Å². The highest BCUT2D eigenvalue weighted by atomic mass is 127. The van der Waals surface area contributed by atoms with E-state index >= 15 is 0 Å². The largest absolute Gasteiger partial charge is 0.357 e. The first-order chi connectivity index (χ1) is 15.2. The first-order valence-electron chi connectivity index (χ1n) is 11.3. The van der Waals surface area contributed by atoms with Crippen LogP contribution in [0.1, 0.15) is 30.5 Å². The van der Waals surface area contributed by atoms with Crippen LogP contribution < -0.4 is 10.6 Å². The van der Waals surface area contributed by atoms with Crippen LogP contribution in [0.3, 0.4) is 0 Å². The van der Waals surface area contributed by atoms with E-state index in [9.17, 15) is 0 Å². The van der Waals surface area contributed by atoms with Gasteiger partial charge in [0.25, 0.3) is 0 Å². The zero-order chi connectivity index (χ0) is 21.9. The zero-order valence-corrected chi connectivity index (χ0v) is 22.3. The number of benzene rings is 1. The molecule has 6 nitrogen and oxygen atoms in total. The summed E-state index contributed by atoms with van der Waals surface area (Å²) in [7, 11) is 0. The molecule has 1 fully saturated rings. The average Bonchev–Trinajstić information content (AvgIpc) is 2.80. The summed E-state index contributed by atoms with van der Waals surface area (Å²) in [4.78, 5) is 13.9. The van der Waals surface area contributed by atoms with Crippen LogP contribution in [0.25, 0.3) is 0 Å². The molecule has 3 rings (SSSR count). The number of hydrogen-bond donors (Lipinski definition) is 2. The molecule has 1 aromatic carbocycles. The number of guanidine groups is 1. The molecule has 1 aliphatic heterocycles. The third-order valence-electron chi connectivity index (χ3n) is 5.60. The van der Waals surface area contributed by atoms with E-state index in [-0.39, 0.29) is 24.0 Å². The van der Waals surface area contributed by atoms with E-state index in [2.05, 4.69) is 63.5 Å². The van der Waals surface area contributed by atoms with Crippen molar-refractivity contribution >= 4 is 41.5 Å². The fourth-order valence-corrected chi connectivity index (χ4v) is 3.78. The first-order valence-corrected chi connectivity index (χ1v) is 11.7. The number of rotatable bonds is 9. The number of piperazine rings is 1. The van der Waals surface area contributed by atoms with Gasteiger partial charge in [-0.15, -0.1) is 24.0 Å². The third kappa shape index (κ3) is 9.21. The maximum Gasteiger partial charge on any atom is 0.191 e. The Morgan fingerprint density at radius 2 is 1.59 bits per heavy atom. The Hall–Kier alpha value is -1.42. The molecule has 2 heterocycles. The fraction of sp³-hybridized carbons (Fsp3) is 0.500. The quantitative estimate of drug-likeness (QED) is 0.208. The van der Waals surface area contributed by atoms with Gasteiger partial charge < -0.3 is 15.5 Å². The molecule has 2 aromatic rings. The molecule has 0 atom stereocenters. The van der Waals surface area contributed by atoms with Gasteiger partial charge in [0.2, 0.25) is 0 Å². The number of likely N-dealkylation sites (N-methyl/N-ethyl adjacent to an activating group) is 1. The van der Waals surface area contributed by atoms with Gasteiger partial charge in [0.05, 0.1) is 6.54 Å². The van der Waals surface area contributed by atoms with Gasteiger partial charge >= 0.3 is 0 Å². The summed E-state index contributed by atoms with van der Waals surface area (Å²) in [6.45, 7) is 13.5. The van der Waals surface area contributed by atoms with E-state index in [1.165, 1.54) is 24.2 Å². The molecule has 0 amide bonds. The highest BCUT2D eigenvalue weighted by Crippen LogP contribution is 2.11. The second-order valence-electron chi connectivity index (χ2n) is 7.89. The van der Waals surface area contributed by atoms with E-state index in [4.69, 9.17) is 16.6 Å². The van der Waals surface area contributed by atoms with Crippen molar-refractivity contribution in [2.24, 2.45) is 4.99 Å². The molecule has 2 N–H and O–H groups in total. The number of nitrogens with zero attached hydrogens (tertiary/aromatic N) is 4. The number of halogens is 2. The van der Waals surface area contributed by atoms with Crippen molar-refractivity contribution in [2.45, 2.75) is 33.4 Å². The number of nitrogens with one attached hydrogen (secondary N) is 2. The van der Waals surface area contributed by atoms with Crippen molar-refractivity contribution in [1.29, 1.82) is 0 Å². The van der Waals surface area contributed by atoms with Gasteiger partial charge in [-0.25, -0.2) is 9.98 Å². The van der Waals surface area contributed by atoms with E-state index < -0.39 is 0 Å². The molecule has 0 saturated carbocycles. The Morgan fingerprint density at radius 3 is 2.22 bits per heavy atom. The van der Waals surface area contributed by atoms with Crippen LogP contribution in [0.15, 0.2) is 47.6 Å². The van der Waals surface area contributed by atoms with Gasteiger partial charge in [-0.2, -0.15) is 0 Å². The Morgan fingerprint density at radius 1 is 0.938 bits per heavy atom.